The van der Waals surface area contributed by atoms with Crippen LogP contribution in [0.2, 0.25) is 0 Å². The lowest BCUT2D eigenvalue weighted by Crippen LogP contribution is -2.17. The highest BCUT2D eigenvalue weighted by Crippen LogP contribution is 2.23. The third-order valence-corrected chi connectivity index (χ3v) is 3.19. The lowest BCUT2D eigenvalue weighted by molar-refractivity contribution is 0.688. The highest BCUT2D eigenvalue weighted by Gasteiger charge is 2.12. The van der Waals surface area contributed by atoms with Crippen LogP contribution in [0.15, 0.2) is 47.2 Å². The third-order valence-electron chi connectivity index (χ3n) is 2.76. The number of hydrogen-bond acceptors (Lipinski definition) is 2. The molecule has 0 radical (unpaired) electrons. The maximum Gasteiger partial charge on any atom is 0.0589 e. The summed E-state index contributed by atoms with van der Waals surface area (Å²) in [5.41, 5.74) is 3.68. The van der Waals surface area contributed by atoms with Gasteiger partial charge in [-0.05, 0) is 47.1 Å². The van der Waals surface area contributed by atoms with Crippen molar-refractivity contribution in [2.24, 2.45) is 0 Å². The van der Waals surface area contributed by atoms with E-state index in [9.17, 15) is 0 Å². The number of nitrogens with zero attached hydrogens (tertiary/aromatic N) is 1. The quantitative estimate of drug-likeness (QED) is 0.936. The molecule has 0 aliphatic rings. The van der Waals surface area contributed by atoms with E-state index in [1.807, 2.05) is 13.2 Å². The molecule has 1 unspecified atom stereocenters. The van der Waals surface area contributed by atoms with Crippen molar-refractivity contribution in [2.75, 3.05) is 7.05 Å². The fourth-order valence-electron chi connectivity index (χ4n) is 1.87. The van der Waals surface area contributed by atoms with E-state index in [2.05, 4.69) is 63.5 Å². The van der Waals surface area contributed by atoms with E-state index in [1.165, 1.54) is 11.1 Å². The van der Waals surface area contributed by atoms with Gasteiger partial charge in [0.25, 0.3) is 0 Å². The van der Waals surface area contributed by atoms with Crippen molar-refractivity contribution in [2.45, 2.75) is 13.0 Å². The summed E-state index contributed by atoms with van der Waals surface area (Å²) in [7, 11) is 1.96. The van der Waals surface area contributed by atoms with Crippen molar-refractivity contribution in [1.82, 2.24) is 10.3 Å². The molecule has 0 saturated heterocycles. The molecule has 2 nitrogen and oxygen atoms in total. The van der Waals surface area contributed by atoms with Gasteiger partial charge in [0.2, 0.25) is 0 Å². The van der Waals surface area contributed by atoms with Crippen molar-refractivity contribution >= 4 is 15.9 Å². The second-order valence-corrected chi connectivity index (χ2v) is 4.98. The van der Waals surface area contributed by atoms with E-state index >= 15 is 0 Å². The van der Waals surface area contributed by atoms with Gasteiger partial charge in [0.15, 0.2) is 0 Å². The lowest BCUT2D eigenvalue weighted by atomic mass is 9.99. The van der Waals surface area contributed by atoms with Gasteiger partial charge in [0, 0.05) is 16.9 Å². The maximum absolute atomic E-state index is 4.21. The van der Waals surface area contributed by atoms with Crippen molar-refractivity contribution in [3.8, 4) is 0 Å². The molecule has 1 aromatic heterocycles. The second kappa shape index (κ2) is 5.43. The molecule has 0 fully saturated rings. The Balaban J connectivity index is 2.36. The van der Waals surface area contributed by atoms with E-state index in [0.29, 0.717) is 0 Å². The topological polar surface area (TPSA) is 24.9 Å². The summed E-state index contributed by atoms with van der Waals surface area (Å²) < 4.78 is 1.00. The van der Waals surface area contributed by atoms with Crippen LogP contribution in [-0.4, -0.2) is 12.0 Å². The van der Waals surface area contributed by atoms with Crippen LogP contribution in [0.4, 0.5) is 0 Å². The lowest BCUT2D eigenvalue weighted by Gasteiger charge is -2.17. The summed E-state index contributed by atoms with van der Waals surface area (Å²) in [5, 5.41) is 3.32. The highest BCUT2D eigenvalue weighted by molar-refractivity contribution is 9.10. The van der Waals surface area contributed by atoms with Crippen LogP contribution in [0.25, 0.3) is 0 Å². The fraction of sp³-hybridized carbons (Fsp3) is 0.214. The number of pyridine rings is 1. The molecular formula is C14H15BrN2. The van der Waals surface area contributed by atoms with E-state index < -0.39 is 0 Å². The van der Waals surface area contributed by atoms with Gasteiger partial charge in [-0.2, -0.15) is 0 Å². The molecule has 3 heteroatoms. The van der Waals surface area contributed by atoms with Crippen molar-refractivity contribution in [1.29, 1.82) is 0 Å². The van der Waals surface area contributed by atoms with Crippen LogP contribution < -0.4 is 5.32 Å². The number of benzene rings is 1. The summed E-state index contributed by atoms with van der Waals surface area (Å²) >= 11 is 3.45. The van der Waals surface area contributed by atoms with E-state index in [0.717, 1.165) is 10.0 Å². The number of nitrogens with one attached hydrogen (secondary N) is 1. The van der Waals surface area contributed by atoms with Gasteiger partial charge < -0.3 is 5.32 Å². The Bertz CT molecular complexity index is 494. The number of rotatable bonds is 3. The Morgan fingerprint density at radius 1 is 1.12 bits per heavy atom. The highest BCUT2D eigenvalue weighted by atomic mass is 79.9. The summed E-state index contributed by atoms with van der Waals surface area (Å²) in [6.45, 7) is 2.10. The molecule has 0 amide bonds. The van der Waals surface area contributed by atoms with Crippen LogP contribution in [0.1, 0.15) is 22.7 Å². The third kappa shape index (κ3) is 2.93. The van der Waals surface area contributed by atoms with E-state index in [1.54, 1.807) is 6.20 Å². The molecule has 0 saturated carbocycles. The Labute approximate surface area is 110 Å². The summed E-state index contributed by atoms with van der Waals surface area (Å²) in [6.07, 6.45) is 3.69. The van der Waals surface area contributed by atoms with Crippen molar-refractivity contribution < 1.29 is 0 Å². The zero-order valence-corrected chi connectivity index (χ0v) is 11.5. The molecule has 0 aliphatic heterocycles. The van der Waals surface area contributed by atoms with Crippen LogP contribution in [0.3, 0.4) is 0 Å². The molecule has 2 aromatic rings. The van der Waals surface area contributed by atoms with Gasteiger partial charge in [-0.3, -0.25) is 4.98 Å². The normalized spacial score (nSPS) is 12.4. The van der Waals surface area contributed by atoms with Gasteiger partial charge in [-0.25, -0.2) is 0 Å². The number of hydrogen-bond donors (Lipinski definition) is 1. The molecule has 0 spiro atoms. The van der Waals surface area contributed by atoms with Crippen LogP contribution in [-0.2, 0) is 0 Å². The van der Waals surface area contributed by atoms with Crippen molar-refractivity contribution in [3.05, 3.63) is 63.9 Å². The number of aryl methyl sites for hydroxylation is 1. The average molecular weight is 291 g/mol. The first kappa shape index (κ1) is 12.3. The Morgan fingerprint density at radius 3 is 2.41 bits per heavy atom. The minimum atomic E-state index is 0.181. The average Bonchev–Trinajstić information content (AvgIpc) is 2.33. The fourth-order valence-corrected chi connectivity index (χ4v) is 2.25. The maximum atomic E-state index is 4.21. The van der Waals surface area contributed by atoms with Crippen LogP contribution in [0, 0.1) is 6.92 Å². The smallest absolute Gasteiger partial charge is 0.0589 e. The first-order chi connectivity index (χ1) is 8.20. The van der Waals surface area contributed by atoms with Gasteiger partial charge in [-0.15, -0.1) is 0 Å². The summed E-state index contributed by atoms with van der Waals surface area (Å²) in [6, 6.07) is 10.8. The standard InChI is InChI=1S/C14H15BrN2/c1-10-3-5-11(6-4-10)14(16-2)12-7-13(15)9-17-8-12/h3-9,14,16H,1-2H3. The molecule has 1 heterocycles. The Hall–Kier alpha value is -1.19. The Kier molecular flexibility index (Phi) is 3.92. The van der Waals surface area contributed by atoms with Gasteiger partial charge in [-0.1, -0.05) is 29.8 Å². The molecule has 0 bridgehead atoms. The van der Waals surface area contributed by atoms with Gasteiger partial charge in [0.1, 0.15) is 0 Å². The van der Waals surface area contributed by atoms with Gasteiger partial charge in [0.05, 0.1) is 6.04 Å². The van der Waals surface area contributed by atoms with E-state index in [4.69, 9.17) is 0 Å². The summed E-state index contributed by atoms with van der Waals surface area (Å²) in [5.74, 6) is 0. The predicted octanol–water partition coefficient (Wildman–Crippen LogP) is 3.46. The van der Waals surface area contributed by atoms with E-state index in [-0.39, 0.29) is 6.04 Å². The molecule has 17 heavy (non-hydrogen) atoms. The Morgan fingerprint density at radius 2 is 1.82 bits per heavy atom. The minimum absolute atomic E-state index is 0.181. The second-order valence-electron chi connectivity index (χ2n) is 4.07. The zero-order chi connectivity index (χ0) is 12.3. The van der Waals surface area contributed by atoms with Crippen molar-refractivity contribution in [3.63, 3.8) is 0 Å². The van der Waals surface area contributed by atoms with Gasteiger partial charge >= 0.3 is 0 Å². The summed E-state index contributed by atoms with van der Waals surface area (Å²) in [4.78, 5) is 4.21. The first-order valence-corrected chi connectivity index (χ1v) is 6.34. The van der Waals surface area contributed by atoms with Crippen LogP contribution in [0.5, 0.6) is 0 Å². The molecular weight excluding hydrogens is 276 g/mol. The minimum Gasteiger partial charge on any atom is -0.309 e. The molecule has 88 valence electrons. The molecule has 1 atom stereocenters. The predicted molar refractivity (Wildman–Crippen MR) is 74.0 cm³/mol. The molecule has 1 aromatic carbocycles. The number of aromatic nitrogens is 1. The molecule has 1 N–H and O–H groups in total. The monoisotopic (exact) mass is 290 g/mol. The SMILES string of the molecule is CNC(c1ccc(C)cc1)c1cncc(Br)c1. The largest absolute Gasteiger partial charge is 0.309 e. The molecule has 2 rings (SSSR count). The zero-order valence-electron chi connectivity index (χ0n) is 9.94. The molecule has 0 aliphatic carbocycles. The first-order valence-electron chi connectivity index (χ1n) is 5.55. The number of halogens is 1. The van der Waals surface area contributed by atoms with Crippen LogP contribution >= 0.6 is 15.9 Å².